The lowest BCUT2D eigenvalue weighted by Crippen LogP contribution is -2.56. The van der Waals surface area contributed by atoms with Gasteiger partial charge in [0.1, 0.15) is 0 Å². The van der Waals surface area contributed by atoms with E-state index in [-0.39, 0.29) is 41.4 Å². The molecule has 0 saturated heterocycles. The maximum absolute atomic E-state index is 12.2. The van der Waals surface area contributed by atoms with Crippen molar-refractivity contribution in [1.82, 2.24) is 10.5 Å². The number of nitrogens with one attached hydrogen (secondary N) is 1. The summed E-state index contributed by atoms with van der Waals surface area (Å²) in [6, 6.07) is 12.1. The number of hydrogen-bond donors (Lipinski definition) is 2. The molecule has 0 aliphatic heterocycles. The maximum atomic E-state index is 12.2. The Morgan fingerprint density at radius 2 is 2.04 bits per heavy atom. The molecule has 0 bridgehead atoms. The van der Waals surface area contributed by atoms with Gasteiger partial charge in [0, 0.05) is 24.1 Å². The van der Waals surface area contributed by atoms with Crippen molar-refractivity contribution < 1.29 is 9.32 Å². The zero-order valence-electron chi connectivity index (χ0n) is 14.0. The van der Waals surface area contributed by atoms with Gasteiger partial charge in [0.15, 0.2) is 0 Å². The molecule has 1 saturated carbocycles. The van der Waals surface area contributed by atoms with E-state index in [4.69, 9.17) is 10.3 Å². The van der Waals surface area contributed by atoms with E-state index in [2.05, 4.69) is 22.6 Å². The lowest BCUT2D eigenvalue weighted by Gasteiger charge is -2.47. The van der Waals surface area contributed by atoms with E-state index >= 15 is 0 Å². The van der Waals surface area contributed by atoms with Crippen LogP contribution in [0.5, 0.6) is 0 Å². The van der Waals surface area contributed by atoms with Crippen LogP contribution in [0.1, 0.15) is 54.4 Å². The molecule has 5 nitrogen and oxygen atoms in total. The van der Waals surface area contributed by atoms with Crippen LogP contribution in [0.2, 0.25) is 0 Å². The van der Waals surface area contributed by atoms with Crippen molar-refractivity contribution in [3.63, 3.8) is 0 Å². The Labute approximate surface area is 148 Å². The van der Waals surface area contributed by atoms with Crippen molar-refractivity contribution in [3.8, 4) is 0 Å². The number of benzene rings is 1. The monoisotopic (exact) mass is 349 g/mol. The molecule has 2 aromatic rings. The summed E-state index contributed by atoms with van der Waals surface area (Å²) in [4.78, 5) is 12.2. The number of nitrogens with zero attached hydrogens (tertiary/aromatic N) is 1. The topological polar surface area (TPSA) is 81.2 Å². The summed E-state index contributed by atoms with van der Waals surface area (Å²) >= 11 is 0. The Kier molecular flexibility index (Phi) is 5.67. The minimum absolute atomic E-state index is 0. The van der Waals surface area contributed by atoms with Crippen LogP contribution in [0.3, 0.4) is 0 Å². The minimum atomic E-state index is -0.201. The third kappa shape index (κ3) is 3.47. The van der Waals surface area contributed by atoms with Gasteiger partial charge >= 0.3 is 0 Å². The standard InChI is InChI=1S/C18H23N3O2.ClH/c1-12(2)15-8-16(23-21-15)17(22)20-14-9-18(10-14,11-19)13-6-4-3-5-7-13;/h3-8,12,14H,9-11,19H2,1-2H3,(H,20,22);1H. The fourth-order valence-electron chi connectivity index (χ4n) is 3.22. The van der Waals surface area contributed by atoms with Crippen LogP contribution in [0, 0.1) is 0 Å². The Morgan fingerprint density at radius 3 is 2.58 bits per heavy atom. The van der Waals surface area contributed by atoms with Crippen molar-refractivity contribution in [2.45, 2.75) is 44.1 Å². The molecule has 3 rings (SSSR count). The number of rotatable bonds is 5. The third-order valence-electron chi connectivity index (χ3n) is 4.73. The maximum Gasteiger partial charge on any atom is 0.290 e. The smallest absolute Gasteiger partial charge is 0.290 e. The van der Waals surface area contributed by atoms with Gasteiger partial charge in [0.25, 0.3) is 5.91 Å². The van der Waals surface area contributed by atoms with Gasteiger partial charge in [-0.05, 0) is 24.3 Å². The predicted octanol–water partition coefficient (Wildman–Crippen LogP) is 3.01. The largest absolute Gasteiger partial charge is 0.351 e. The highest BCUT2D eigenvalue weighted by Gasteiger charge is 2.45. The van der Waals surface area contributed by atoms with Crippen molar-refractivity contribution in [1.29, 1.82) is 0 Å². The second-order valence-corrected chi connectivity index (χ2v) is 6.70. The Hall–Kier alpha value is -1.85. The average molecular weight is 350 g/mol. The molecule has 0 unspecified atom stereocenters. The van der Waals surface area contributed by atoms with Crippen LogP contribution < -0.4 is 11.1 Å². The number of halogens is 1. The summed E-state index contributed by atoms with van der Waals surface area (Å²) in [5.41, 5.74) is 8.02. The Balaban J connectivity index is 0.00000208. The fraction of sp³-hybridized carbons (Fsp3) is 0.444. The van der Waals surface area contributed by atoms with E-state index in [1.165, 1.54) is 5.56 Å². The Morgan fingerprint density at radius 1 is 1.38 bits per heavy atom. The first kappa shape index (κ1) is 18.5. The molecular formula is C18H24ClN3O2. The molecule has 24 heavy (non-hydrogen) atoms. The van der Waals surface area contributed by atoms with E-state index in [0.717, 1.165) is 18.5 Å². The second-order valence-electron chi connectivity index (χ2n) is 6.70. The van der Waals surface area contributed by atoms with E-state index in [0.29, 0.717) is 6.54 Å². The summed E-state index contributed by atoms with van der Waals surface area (Å²) in [5, 5.41) is 6.94. The molecule has 1 fully saturated rings. The first-order valence-corrected chi connectivity index (χ1v) is 8.07. The molecule has 130 valence electrons. The van der Waals surface area contributed by atoms with Gasteiger partial charge in [-0.1, -0.05) is 49.3 Å². The molecule has 1 aromatic heterocycles. The van der Waals surface area contributed by atoms with Gasteiger partial charge in [-0.2, -0.15) is 0 Å². The van der Waals surface area contributed by atoms with Gasteiger partial charge in [-0.15, -0.1) is 12.4 Å². The highest BCUT2D eigenvalue weighted by molar-refractivity contribution is 5.91. The van der Waals surface area contributed by atoms with Crippen LogP contribution in [-0.2, 0) is 5.41 Å². The van der Waals surface area contributed by atoms with Crippen LogP contribution >= 0.6 is 12.4 Å². The molecule has 0 radical (unpaired) electrons. The van der Waals surface area contributed by atoms with E-state index in [1.54, 1.807) is 6.07 Å². The molecule has 1 aliphatic rings. The molecule has 1 aliphatic carbocycles. The average Bonchev–Trinajstić information content (AvgIpc) is 3.01. The third-order valence-corrected chi connectivity index (χ3v) is 4.73. The van der Waals surface area contributed by atoms with Crippen LogP contribution in [0.15, 0.2) is 40.9 Å². The van der Waals surface area contributed by atoms with Crippen molar-refractivity contribution in [2.75, 3.05) is 6.54 Å². The molecule has 6 heteroatoms. The molecule has 1 amide bonds. The molecule has 0 atom stereocenters. The van der Waals surface area contributed by atoms with Crippen molar-refractivity contribution in [2.24, 2.45) is 5.73 Å². The summed E-state index contributed by atoms with van der Waals surface area (Å²) in [5.74, 6) is 0.318. The minimum Gasteiger partial charge on any atom is -0.351 e. The van der Waals surface area contributed by atoms with Crippen LogP contribution in [0.4, 0.5) is 0 Å². The molecule has 1 aromatic carbocycles. The van der Waals surface area contributed by atoms with Gasteiger partial charge in [0.2, 0.25) is 5.76 Å². The molecule has 1 heterocycles. The SMILES string of the molecule is CC(C)c1cc(C(=O)NC2CC(CN)(c3ccccc3)C2)on1.Cl. The first-order chi connectivity index (χ1) is 11.0. The Bertz CT molecular complexity index is 679. The summed E-state index contributed by atoms with van der Waals surface area (Å²) in [7, 11) is 0. The van der Waals surface area contributed by atoms with E-state index < -0.39 is 0 Å². The van der Waals surface area contributed by atoms with Gasteiger partial charge in [-0.3, -0.25) is 4.79 Å². The molecule has 0 spiro atoms. The zero-order valence-corrected chi connectivity index (χ0v) is 14.8. The summed E-state index contributed by atoms with van der Waals surface area (Å²) in [6.07, 6.45) is 1.70. The summed E-state index contributed by atoms with van der Waals surface area (Å²) < 4.78 is 5.13. The van der Waals surface area contributed by atoms with E-state index in [1.807, 2.05) is 32.0 Å². The normalized spacial score (nSPS) is 22.6. The van der Waals surface area contributed by atoms with Crippen molar-refractivity contribution in [3.05, 3.63) is 53.4 Å². The number of nitrogens with two attached hydrogens (primary N) is 1. The van der Waals surface area contributed by atoms with Gasteiger partial charge < -0.3 is 15.6 Å². The molecular weight excluding hydrogens is 326 g/mol. The number of carbonyl (C=O) groups is 1. The number of carbonyl (C=O) groups excluding carboxylic acids is 1. The van der Waals surface area contributed by atoms with Gasteiger partial charge in [0.05, 0.1) is 5.69 Å². The highest BCUT2D eigenvalue weighted by atomic mass is 35.5. The summed E-state index contributed by atoms with van der Waals surface area (Å²) in [6.45, 7) is 4.62. The lowest BCUT2D eigenvalue weighted by molar-refractivity contribution is 0.0829. The number of aromatic nitrogens is 1. The second kappa shape index (κ2) is 7.36. The zero-order chi connectivity index (χ0) is 16.4. The first-order valence-electron chi connectivity index (χ1n) is 8.07. The quantitative estimate of drug-likeness (QED) is 0.869. The number of amides is 1. The van der Waals surface area contributed by atoms with Crippen LogP contribution in [0.25, 0.3) is 0 Å². The van der Waals surface area contributed by atoms with E-state index in [9.17, 15) is 4.79 Å². The van der Waals surface area contributed by atoms with Crippen molar-refractivity contribution >= 4 is 18.3 Å². The highest BCUT2D eigenvalue weighted by Crippen LogP contribution is 2.43. The lowest BCUT2D eigenvalue weighted by atomic mass is 9.61. The number of hydrogen-bond acceptors (Lipinski definition) is 4. The van der Waals surface area contributed by atoms with Crippen LogP contribution in [-0.4, -0.2) is 23.7 Å². The molecule has 3 N–H and O–H groups in total. The van der Waals surface area contributed by atoms with Gasteiger partial charge in [-0.25, -0.2) is 0 Å². The fourth-order valence-corrected chi connectivity index (χ4v) is 3.22. The predicted molar refractivity (Wildman–Crippen MR) is 95.5 cm³/mol.